The number of amides is 2. The van der Waals surface area contributed by atoms with Crippen LogP contribution < -0.4 is 16.0 Å². The summed E-state index contributed by atoms with van der Waals surface area (Å²) in [6.45, 7) is 14.1. The Labute approximate surface area is 226 Å². The number of rotatable bonds is 9. The van der Waals surface area contributed by atoms with Crippen LogP contribution in [0.25, 0.3) is 0 Å². The average Bonchev–Trinajstić information content (AvgIpc) is 2.74. The third kappa shape index (κ3) is 13.8. The summed E-state index contributed by atoms with van der Waals surface area (Å²) in [6.07, 6.45) is 2.71. The number of benzene rings is 2. The molecule has 0 radical (unpaired) electrons. The van der Waals surface area contributed by atoms with Gasteiger partial charge in [-0.3, -0.25) is 9.59 Å². The van der Waals surface area contributed by atoms with E-state index in [0.717, 1.165) is 22.8 Å². The largest absolute Gasteiger partial charge is 0.390 e. The molecular weight excluding hydrogens is 497 g/mol. The van der Waals surface area contributed by atoms with Crippen molar-refractivity contribution in [2.75, 3.05) is 11.9 Å². The Bertz CT molecular complexity index is 947. The summed E-state index contributed by atoms with van der Waals surface area (Å²) in [7, 11) is 0. The van der Waals surface area contributed by atoms with Crippen LogP contribution in [-0.2, 0) is 16.1 Å². The van der Waals surface area contributed by atoms with Gasteiger partial charge in [-0.25, -0.2) is 0 Å². The normalized spacial score (nSPS) is 19.3. The highest BCUT2D eigenvalue weighted by molar-refractivity contribution is 6.31. The SMILES string of the molecule is CC(C)(C)C.CC(CNCc1ccc(Cl)cc1NC=O)c1cccc(Cl)c1.CC1(O)CC(NC=O)C1. The van der Waals surface area contributed by atoms with E-state index in [4.69, 9.17) is 28.3 Å². The van der Waals surface area contributed by atoms with Crippen LogP contribution in [0, 0.1) is 5.41 Å². The Morgan fingerprint density at radius 1 is 1.06 bits per heavy atom. The predicted octanol–water partition coefficient (Wildman–Crippen LogP) is 6.15. The zero-order chi connectivity index (χ0) is 27.4. The highest BCUT2D eigenvalue weighted by Gasteiger charge is 2.37. The molecule has 2 aromatic carbocycles. The highest BCUT2D eigenvalue weighted by Crippen LogP contribution is 2.30. The predicted molar refractivity (Wildman–Crippen MR) is 151 cm³/mol. The van der Waals surface area contributed by atoms with Crippen LogP contribution in [0.3, 0.4) is 0 Å². The number of hydrogen-bond donors (Lipinski definition) is 4. The molecule has 6 nitrogen and oxygen atoms in total. The summed E-state index contributed by atoms with van der Waals surface area (Å²) in [5.41, 5.74) is 2.89. The Hall–Kier alpha value is -2.12. The van der Waals surface area contributed by atoms with E-state index in [1.165, 1.54) is 5.56 Å². The first-order valence-corrected chi connectivity index (χ1v) is 12.9. The van der Waals surface area contributed by atoms with Gasteiger partial charge in [0.2, 0.25) is 12.8 Å². The van der Waals surface area contributed by atoms with Crippen molar-refractivity contribution in [2.24, 2.45) is 5.41 Å². The minimum absolute atomic E-state index is 0.206. The van der Waals surface area contributed by atoms with Gasteiger partial charge in [-0.1, -0.05) is 76.0 Å². The average molecular weight is 539 g/mol. The van der Waals surface area contributed by atoms with Crippen molar-refractivity contribution in [1.29, 1.82) is 0 Å². The van der Waals surface area contributed by atoms with Gasteiger partial charge < -0.3 is 21.1 Å². The van der Waals surface area contributed by atoms with Crippen molar-refractivity contribution in [3.8, 4) is 0 Å². The first-order chi connectivity index (χ1) is 16.7. The molecule has 0 heterocycles. The summed E-state index contributed by atoms with van der Waals surface area (Å²) in [4.78, 5) is 20.5. The van der Waals surface area contributed by atoms with Crippen molar-refractivity contribution in [3.63, 3.8) is 0 Å². The van der Waals surface area contributed by atoms with Gasteiger partial charge >= 0.3 is 0 Å². The summed E-state index contributed by atoms with van der Waals surface area (Å²) in [6, 6.07) is 13.6. The van der Waals surface area contributed by atoms with E-state index in [2.05, 4.69) is 56.6 Å². The summed E-state index contributed by atoms with van der Waals surface area (Å²) in [5, 5.41) is 19.2. The smallest absolute Gasteiger partial charge is 0.211 e. The summed E-state index contributed by atoms with van der Waals surface area (Å²) in [5.74, 6) is 0.341. The van der Waals surface area contributed by atoms with Crippen molar-refractivity contribution < 1.29 is 14.7 Å². The molecule has 1 aliphatic carbocycles. The van der Waals surface area contributed by atoms with Crippen LogP contribution in [0.15, 0.2) is 42.5 Å². The van der Waals surface area contributed by atoms with Crippen LogP contribution in [0.2, 0.25) is 10.0 Å². The van der Waals surface area contributed by atoms with E-state index in [-0.39, 0.29) is 6.04 Å². The van der Waals surface area contributed by atoms with E-state index >= 15 is 0 Å². The molecule has 0 bridgehead atoms. The third-order valence-electron chi connectivity index (χ3n) is 5.15. The monoisotopic (exact) mass is 537 g/mol. The molecule has 3 rings (SSSR count). The zero-order valence-corrected chi connectivity index (χ0v) is 23.7. The fourth-order valence-electron chi connectivity index (χ4n) is 3.47. The first-order valence-electron chi connectivity index (χ1n) is 12.1. The maximum atomic E-state index is 10.6. The molecule has 0 aliphatic heterocycles. The number of hydrogen-bond acceptors (Lipinski definition) is 4. The Morgan fingerprint density at radius 3 is 2.19 bits per heavy atom. The maximum absolute atomic E-state index is 10.6. The van der Waals surface area contributed by atoms with E-state index < -0.39 is 5.60 Å². The second-order valence-corrected chi connectivity index (χ2v) is 11.9. The second kappa shape index (κ2) is 15.2. The number of carbonyl (C=O) groups is 2. The minimum Gasteiger partial charge on any atom is -0.390 e. The molecule has 4 N–H and O–H groups in total. The molecule has 2 amide bonds. The molecule has 200 valence electrons. The fourth-order valence-corrected chi connectivity index (χ4v) is 3.84. The topological polar surface area (TPSA) is 90.5 Å². The molecular formula is C28H41Cl2N3O3. The molecule has 2 aromatic rings. The number of aliphatic hydroxyl groups is 1. The van der Waals surface area contributed by atoms with Crippen LogP contribution in [0.4, 0.5) is 5.69 Å². The van der Waals surface area contributed by atoms with Gasteiger partial charge in [-0.2, -0.15) is 0 Å². The lowest BCUT2D eigenvalue weighted by Crippen LogP contribution is -2.51. The Balaban J connectivity index is 0.000000379. The first kappa shape index (κ1) is 31.9. The molecule has 0 spiro atoms. The molecule has 8 heteroatoms. The number of nitrogens with one attached hydrogen (secondary N) is 3. The molecule has 0 saturated heterocycles. The van der Waals surface area contributed by atoms with Crippen LogP contribution >= 0.6 is 23.2 Å². The number of carbonyl (C=O) groups excluding carboxylic acids is 2. The quantitative estimate of drug-likeness (QED) is 0.288. The van der Waals surface area contributed by atoms with Gasteiger partial charge in [0.15, 0.2) is 0 Å². The lowest BCUT2D eigenvalue weighted by atomic mass is 9.77. The van der Waals surface area contributed by atoms with Crippen molar-refractivity contribution in [3.05, 3.63) is 63.6 Å². The van der Waals surface area contributed by atoms with E-state index in [1.54, 1.807) is 13.0 Å². The molecule has 0 aromatic heterocycles. The fraction of sp³-hybridized carbons (Fsp3) is 0.500. The van der Waals surface area contributed by atoms with E-state index in [0.29, 0.717) is 48.6 Å². The van der Waals surface area contributed by atoms with Gasteiger partial charge in [0.1, 0.15) is 0 Å². The molecule has 1 saturated carbocycles. The lowest BCUT2D eigenvalue weighted by Gasteiger charge is -2.40. The van der Waals surface area contributed by atoms with Gasteiger partial charge in [0.25, 0.3) is 0 Å². The summed E-state index contributed by atoms with van der Waals surface area (Å²) >= 11 is 12.0. The van der Waals surface area contributed by atoms with Crippen LogP contribution in [0.5, 0.6) is 0 Å². The Morgan fingerprint density at radius 2 is 1.67 bits per heavy atom. The molecule has 1 fully saturated rings. The highest BCUT2D eigenvalue weighted by atomic mass is 35.5. The van der Waals surface area contributed by atoms with Gasteiger partial charge in [-0.05, 0) is 66.5 Å². The van der Waals surface area contributed by atoms with Crippen molar-refractivity contribution in [2.45, 2.75) is 78.5 Å². The number of halogens is 2. The van der Waals surface area contributed by atoms with Gasteiger partial charge in [0.05, 0.1) is 5.60 Å². The standard InChI is InChI=1S/C17H18Cl2N2O.C6H11NO2.C5H12/c1-12(13-3-2-4-15(18)7-13)9-20-10-14-5-6-16(19)8-17(14)21-11-22;1-6(9)2-5(3-6)7-4-8;1-5(2,3)4/h2-8,11-12,20H,9-10H2,1H3,(H,21,22);4-5,9H,2-3H2,1H3,(H,7,8);1-4H3. The molecule has 1 unspecified atom stereocenters. The van der Waals surface area contributed by atoms with E-state index in [1.807, 2.05) is 30.3 Å². The van der Waals surface area contributed by atoms with Crippen molar-refractivity contribution >= 4 is 41.7 Å². The zero-order valence-electron chi connectivity index (χ0n) is 22.2. The number of anilines is 1. The van der Waals surface area contributed by atoms with Gasteiger partial charge in [-0.15, -0.1) is 0 Å². The molecule has 1 aliphatic rings. The lowest BCUT2D eigenvalue weighted by molar-refractivity contribution is -0.113. The minimum atomic E-state index is -0.527. The maximum Gasteiger partial charge on any atom is 0.211 e. The Kier molecular flexibility index (Phi) is 13.5. The van der Waals surface area contributed by atoms with Gasteiger partial charge in [0, 0.05) is 34.9 Å². The van der Waals surface area contributed by atoms with Crippen molar-refractivity contribution in [1.82, 2.24) is 10.6 Å². The molecule has 1 atom stereocenters. The van der Waals surface area contributed by atoms with E-state index in [9.17, 15) is 9.59 Å². The second-order valence-electron chi connectivity index (χ2n) is 11.0. The van der Waals surface area contributed by atoms with Crippen LogP contribution in [0.1, 0.15) is 71.4 Å². The molecule has 36 heavy (non-hydrogen) atoms. The summed E-state index contributed by atoms with van der Waals surface area (Å²) < 4.78 is 0. The third-order valence-corrected chi connectivity index (χ3v) is 5.62. The van der Waals surface area contributed by atoms with Crippen LogP contribution in [-0.4, -0.2) is 36.1 Å².